The van der Waals surface area contributed by atoms with Gasteiger partial charge in [-0.2, -0.15) is 0 Å². The fraction of sp³-hybridized carbons (Fsp3) is 0.632. The van der Waals surface area contributed by atoms with Gasteiger partial charge in [0.05, 0.1) is 13.2 Å². The molecule has 2 fully saturated rings. The number of nitrogens with zero attached hydrogens (tertiary/aromatic N) is 1. The maximum atomic E-state index is 12.2. The molecule has 2 heterocycles. The first-order valence-corrected chi connectivity index (χ1v) is 8.79. The summed E-state index contributed by atoms with van der Waals surface area (Å²) in [5.41, 5.74) is 0.787. The van der Waals surface area contributed by atoms with Crippen molar-refractivity contribution in [2.75, 3.05) is 14.2 Å². The van der Waals surface area contributed by atoms with E-state index in [0.717, 1.165) is 12.5 Å². The molecule has 0 aromatic heterocycles. The molecule has 0 unspecified atom stereocenters. The Kier molecular flexibility index (Phi) is 6.58. The number of ether oxygens (including phenoxy) is 3. The van der Waals surface area contributed by atoms with Crippen LogP contribution < -0.4 is 0 Å². The maximum absolute atomic E-state index is 12.2. The van der Waals surface area contributed by atoms with Gasteiger partial charge in [0, 0.05) is 42.5 Å². The normalized spacial score (nSPS) is 29.3. The Morgan fingerprint density at radius 3 is 2.27 bits per heavy atom. The number of hydrogen-bond acceptors (Lipinski definition) is 7. The van der Waals surface area contributed by atoms with E-state index >= 15 is 0 Å². The van der Waals surface area contributed by atoms with Crippen LogP contribution in [0.15, 0.2) is 23.3 Å². The summed E-state index contributed by atoms with van der Waals surface area (Å²) in [6.45, 7) is 5.05. The summed E-state index contributed by atoms with van der Waals surface area (Å²) in [5.74, 6) is -1.42. The van der Waals surface area contributed by atoms with E-state index in [9.17, 15) is 14.4 Å². The van der Waals surface area contributed by atoms with Gasteiger partial charge >= 0.3 is 17.9 Å². The molecule has 0 saturated carbocycles. The van der Waals surface area contributed by atoms with Gasteiger partial charge in [-0.3, -0.25) is 4.90 Å². The van der Waals surface area contributed by atoms with Crippen molar-refractivity contribution in [3.63, 3.8) is 0 Å². The summed E-state index contributed by atoms with van der Waals surface area (Å²) in [6.07, 6.45) is 4.39. The molecule has 0 aromatic carbocycles. The molecule has 2 bridgehead atoms. The SMILES string of the molecule is C/C=C(/C)C(=O)O[C@H]1C[C@@H]2C[C@H](OC(=O)/C(C)=C/C(=O)OC)C[C@H]1N2C. The lowest BCUT2D eigenvalue weighted by Crippen LogP contribution is -2.46. The maximum Gasteiger partial charge on any atom is 0.334 e. The molecule has 2 aliphatic heterocycles. The second-order valence-corrected chi connectivity index (χ2v) is 6.89. The van der Waals surface area contributed by atoms with E-state index in [2.05, 4.69) is 9.64 Å². The molecule has 0 N–H and O–H groups in total. The second-order valence-electron chi connectivity index (χ2n) is 6.89. The summed E-state index contributed by atoms with van der Waals surface area (Å²) >= 11 is 0. The first-order valence-electron chi connectivity index (χ1n) is 8.79. The predicted octanol–water partition coefficient (Wildman–Crippen LogP) is 1.76. The van der Waals surface area contributed by atoms with E-state index in [4.69, 9.17) is 9.47 Å². The van der Waals surface area contributed by atoms with E-state index in [1.54, 1.807) is 19.9 Å². The van der Waals surface area contributed by atoms with Gasteiger partial charge in [-0.1, -0.05) is 6.08 Å². The highest BCUT2D eigenvalue weighted by Gasteiger charge is 2.47. The van der Waals surface area contributed by atoms with Crippen molar-refractivity contribution in [1.29, 1.82) is 0 Å². The third-order valence-corrected chi connectivity index (χ3v) is 5.22. The highest BCUT2D eigenvalue weighted by Crippen LogP contribution is 2.37. The van der Waals surface area contributed by atoms with E-state index in [1.165, 1.54) is 14.0 Å². The van der Waals surface area contributed by atoms with Gasteiger partial charge in [0.2, 0.25) is 0 Å². The van der Waals surface area contributed by atoms with Gasteiger partial charge in [0.1, 0.15) is 12.2 Å². The van der Waals surface area contributed by atoms with Crippen molar-refractivity contribution in [3.05, 3.63) is 23.3 Å². The molecular weight excluding hydrogens is 338 g/mol. The highest BCUT2D eigenvalue weighted by atomic mass is 16.6. The molecular formula is C19H27NO6. The molecule has 26 heavy (non-hydrogen) atoms. The molecule has 7 heteroatoms. The minimum absolute atomic E-state index is 0.0186. The average molecular weight is 365 g/mol. The van der Waals surface area contributed by atoms with Crippen molar-refractivity contribution < 1.29 is 28.6 Å². The van der Waals surface area contributed by atoms with Crippen LogP contribution in [0.3, 0.4) is 0 Å². The summed E-state index contributed by atoms with van der Waals surface area (Å²) in [5, 5.41) is 0. The predicted molar refractivity (Wildman–Crippen MR) is 94.2 cm³/mol. The third kappa shape index (κ3) is 4.52. The minimum Gasteiger partial charge on any atom is -0.466 e. The second kappa shape index (κ2) is 8.49. The Morgan fingerprint density at radius 1 is 1.00 bits per heavy atom. The van der Waals surface area contributed by atoms with Crippen LogP contribution in [0.1, 0.15) is 40.0 Å². The number of likely N-dealkylation sites (N-methyl/N-ethyl adjacent to an activating group) is 1. The zero-order chi connectivity index (χ0) is 19.4. The molecule has 4 atom stereocenters. The Labute approximate surface area is 154 Å². The van der Waals surface area contributed by atoms with Gasteiger partial charge < -0.3 is 14.2 Å². The van der Waals surface area contributed by atoms with Gasteiger partial charge in [0.25, 0.3) is 0 Å². The van der Waals surface area contributed by atoms with Crippen molar-refractivity contribution in [2.45, 2.75) is 64.3 Å². The van der Waals surface area contributed by atoms with E-state index in [-0.39, 0.29) is 35.8 Å². The number of rotatable bonds is 5. The molecule has 7 nitrogen and oxygen atoms in total. The molecule has 0 radical (unpaired) electrons. The zero-order valence-corrected chi connectivity index (χ0v) is 16.0. The van der Waals surface area contributed by atoms with E-state index < -0.39 is 11.9 Å². The number of methoxy groups -OCH3 is 1. The standard InChI is InChI=1S/C19H27NO6/c1-6-11(2)18(22)26-16-9-13-8-14(10-15(16)20(13)4)25-19(23)12(3)7-17(21)24-5/h6-7,13-16H,8-10H2,1-5H3/b11-6-,12-7+/t13-,14-,15+,16-/m0/s1. The molecule has 0 amide bonds. The number of hydrogen-bond donors (Lipinski definition) is 0. The lowest BCUT2D eigenvalue weighted by atomic mass is 10.00. The van der Waals surface area contributed by atoms with Gasteiger partial charge in [-0.25, -0.2) is 14.4 Å². The largest absolute Gasteiger partial charge is 0.466 e. The molecule has 0 spiro atoms. The molecule has 144 valence electrons. The van der Waals surface area contributed by atoms with Crippen molar-refractivity contribution in [1.82, 2.24) is 4.90 Å². The first-order chi connectivity index (χ1) is 12.3. The minimum atomic E-state index is -0.589. The van der Waals surface area contributed by atoms with Crippen molar-refractivity contribution >= 4 is 17.9 Å². The Morgan fingerprint density at radius 2 is 1.65 bits per heavy atom. The molecule has 0 aliphatic carbocycles. The molecule has 2 saturated heterocycles. The fourth-order valence-corrected chi connectivity index (χ4v) is 3.48. The van der Waals surface area contributed by atoms with Crippen LogP contribution in [0.4, 0.5) is 0 Å². The molecule has 2 rings (SSSR count). The summed E-state index contributed by atoms with van der Waals surface area (Å²) in [7, 11) is 3.26. The topological polar surface area (TPSA) is 82.1 Å². The van der Waals surface area contributed by atoms with Gasteiger partial charge in [0.15, 0.2) is 0 Å². The van der Waals surface area contributed by atoms with E-state index in [1.807, 2.05) is 7.05 Å². The Balaban J connectivity index is 1.98. The van der Waals surface area contributed by atoms with Crippen LogP contribution in [-0.2, 0) is 28.6 Å². The number of piperidine rings is 1. The van der Waals surface area contributed by atoms with Gasteiger partial charge in [-0.05, 0) is 27.8 Å². The lowest BCUT2D eigenvalue weighted by molar-refractivity contribution is -0.151. The van der Waals surface area contributed by atoms with Crippen LogP contribution in [0, 0.1) is 0 Å². The molecule has 2 aliphatic rings. The smallest absolute Gasteiger partial charge is 0.334 e. The molecule has 0 aromatic rings. The van der Waals surface area contributed by atoms with Crippen LogP contribution in [0.25, 0.3) is 0 Å². The van der Waals surface area contributed by atoms with Crippen molar-refractivity contribution in [3.8, 4) is 0 Å². The van der Waals surface area contributed by atoms with Gasteiger partial charge in [-0.15, -0.1) is 0 Å². The summed E-state index contributed by atoms with van der Waals surface area (Å²) in [4.78, 5) is 37.7. The highest BCUT2D eigenvalue weighted by molar-refractivity contribution is 5.95. The summed E-state index contributed by atoms with van der Waals surface area (Å²) < 4.78 is 15.7. The van der Waals surface area contributed by atoms with Crippen molar-refractivity contribution in [2.24, 2.45) is 0 Å². The first kappa shape index (κ1) is 20.2. The monoisotopic (exact) mass is 365 g/mol. The fourth-order valence-electron chi connectivity index (χ4n) is 3.48. The number of allylic oxidation sites excluding steroid dienone is 1. The summed E-state index contributed by atoms with van der Waals surface area (Å²) in [6, 6.07) is 0.213. The number of carbonyl (C=O) groups excluding carboxylic acids is 3. The number of esters is 3. The van der Waals surface area contributed by atoms with E-state index in [0.29, 0.717) is 18.4 Å². The number of fused-ring (bicyclic) bond motifs is 2. The van der Waals surface area contributed by atoms with Crippen LogP contribution in [-0.4, -0.2) is 61.3 Å². The zero-order valence-electron chi connectivity index (χ0n) is 16.0. The van der Waals surface area contributed by atoms with Crippen LogP contribution in [0.2, 0.25) is 0 Å². The average Bonchev–Trinajstić information content (AvgIpc) is 2.78. The Bertz CT molecular complexity index is 638. The Hall–Kier alpha value is -2.15. The van der Waals surface area contributed by atoms with Crippen LogP contribution >= 0.6 is 0 Å². The number of carbonyl (C=O) groups is 3. The van der Waals surface area contributed by atoms with Crippen LogP contribution in [0.5, 0.6) is 0 Å². The lowest BCUT2D eigenvalue weighted by Gasteiger charge is -2.36. The third-order valence-electron chi connectivity index (χ3n) is 5.22. The quantitative estimate of drug-likeness (QED) is 0.417.